The van der Waals surface area contributed by atoms with Gasteiger partial charge in [-0.05, 0) is 87.0 Å². The zero-order valence-electron chi connectivity index (χ0n) is 29.2. The summed E-state index contributed by atoms with van der Waals surface area (Å²) in [6.07, 6.45) is 2.78. The topological polar surface area (TPSA) is 153 Å². The highest BCUT2D eigenvalue weighted by Crippen LogP contribution is 2.70. The summed E-state index contributed by atoms with van der Waals surface area (Å²) in [7, 11) is 1.48. The Labute approximate surface area is 282 Å². The van der Waals surface area contributed by atoms with E-state index in [0.29, 0.717) is 19.3 Å². The van der Waals surface area contributed by atoms with Gasteiger partial charge in [-0.2, -0.15) is 0 Å². The van der Waals surface area contributed by atoms with Crippen molar-refractivity contribution in [3.63, 3.8) is 0 Å². The van der Waals surface area contributed by atoms with Gasteiger partial charge in [-0.1, -0.05) is 13.8 Å². The Kier molecular flexibility index (Phi) is 9.54. The third kappa shape index (κ3) is 5.88. The lowest BCUT2D eigenvalue weighted by molar-refractivity contribution is -0.318. The van der Waals surface area contributed by atoms with Gasteiger partial charge in [-0.15, -0.1) is 0 Å². The number of aliphatic hydroxyl groups is 1. The highest BCUT2D eigenvalue weighted by Gasteiger charge is 2.71. The third-order valence-electron chi connectivity index (χ3n) is 13.1. The maximum atomic E-state index is 12.7. The van der Waals surface area contributed by atoms with Crippen molar-refractivity contribution in [1.29, 1.82) is 0 Å². The van der Waals surface area contributed by atoms with E-state index in [2.05, 4.69) is 13.8 Å². The molecular formula is C36H52O12. The molecule has 6 aliphatic rings. The van der Waals surface area contributed by atoms with E-state index in [0.717, 1.165) is 37.7 Å². The molecule has 4 saturated carbocycles. The molecule has 5 fully saturated rings. The fourth-order valence-electron chi connectivity index (χ4n) is 11.1. The smallest absolute Gasteiger partial charge is 0.331 e. The fourth-order valence-corrected chi connectivity index (χ4v) is 11.1. The molecule has 12 heteroatoms. The van der Waals surface area contributed by atoms with E-state index in [-0.39, 0.29) is 59.8 Å². The molecule has 12 nitrogen and oxygen atoms in total. The van der Waals surface area contributed by atoms with Crippen LogP contribution in [0.3, 0.4) is 0 Å². The lowest BCUT2D eigenvalue weighted by atomic mass is 9.42. The maximum absolute atomic E-state index is 12.7. The van der Waals surface area contributed by atoms with Crippen LogP contribution in [0.5, 0.6) is 0 Å². The highest BCUT2D eigenvalue weighted by atomic mass is 16.7. The van der Waals surface area contributed by atoms with Gasteiger partial charge in [-0.25, -0.2) is 4.79 Å². The molecule has 6 rings (SSSR count). The number of ether oxygens (including phenoxy) is 7. The first-order valence-corrected chi connectivity index (χ1v) is 17.6. The van der Waals surface area contributed by atoms with E-state index in [9.17, 15) is 24.3 Å². The average molecular weight is 677 g/mol. The Bertz CT molecular complexity index is 1330. The van der Waals surface area contributed by atoms with Crippen LogP contribution in [0.2, 0.25) is 0 Å². The molecule has 0 radical (unpaired) electrons. The summed E-state index contributed by atoms with van der Waals surface area (Å²) >= 11 is 0. The fraction of sp³-hybridized carbons (Fsp3) is 0.833. The zero-order valence-corrected chi connectivity index (χ0v) is 29.2. The van der Waals surface area contributed by atoms with Crippen molar-refractivity contribution in [2.45, 2.75) is 141 Å². The van der Waals surface area contributed by atoms with Gasteiger partial charge in [0.1, 0.15) is 18.8 Å². The first kappa shape index (κ1) is 35.3. The standard InChI is InChI=1S/C36H52O12/c1-18-30(46-20(3)38)31(42-7)32(47-21(4)39)33(44-18)48-24-10-12-34(5)23(15-24)8-9-26-29(34)27(45-19(2)37)16-35(6)25(11-13-36(26,35)41)22-14-28(40)43-17-22/h14,18,23-27,29-33,41H,8-13,15-17H2,1-7H3/t18-,23+,24+,25-,26+,27+,29+,30-,31+,32+,33+,34+,35+,36-/m0/s1. The number of carbonyl (C=O) groups excluding carboxylic acids is 4. The molecule has 2 aliphatic heterocycles. The summed E-state index contributed by atoms with van der Waals surface area (Å²) < 4.78 is 41.1. The molecule has 0 bridgehead atoms. The molecule has 0 aromatic rings. The van der Waals surface area contributed by atoms with Crippen molar-refractivity contribution in [2.75, 3.05) is 13.7 Å². The number of esters is 4. The maximum Gasteiger partial charge on any atom is 0.331 e. The van der Waals surface area contributed by atoms with Gasteiger partial charge >= 0.3 is 23.9 Å². The molecule has 2 heterocycles. The molecule has 14 atom stereocenters. The van der Waals surface area contributed by atoms with Crippen molar-refractivity contribution >= 4 is 23.9 Å². The molecule has 1 saturated heterocycles. The number of hydrogen-bond acceptors (Lipinski definition) is 12. The number of cyclic esters (lactones) is 1. The van der Waals surface area contributed by atoms with E-state index >= 15 is 0 Å². The molecule has 0 spiro atoms. The largest absolute Gasteiger partial charge is 0.462 e. The summed E-state index contributed by atoms with van der Waals surface area (Å²) in [4.78, 5) is 48.6. The van der Waals surface area contributed by atoms with Crippen LogP contribution in [-0.2, 0) is 52.3 Å². The molecule has 0 unspecified atom stereocenters. The van der Waals surface area contributed by atoms with Crippen molar-refractivity contribution in [1.82, 2.24) is 0 Å². The van der Waals surface area contributed by atoms with E-state index in [1.165, 1.54) is 27.9 Å². The minimum Gasteiger partial charge on any atom is -0.462 e. The van der Waals surface area contributed by atoms with Crippen LogP contribution >= 0.6 is 0 Å². The Morgan fingerprint density at radius 1 is 0.917 bits per heavy atom. The predicted molar refractivity (Wildman–Crippen MR) is 168 cm³/mol. The normalized spacial score (nSPS) is 46.7. The average Bonchev–Trinajstić information content (AvgIpc) is 3.54. The Hall–Kier alpha value is -2.54. The van der Waals surface area contributed by atoms with Gasteiger partial charge in [0.15, 0.2) is 18.5 Å². The number of carbonyl (C=O) groups is 4. The number of fused-ring (bicyclic) bond motifs is 5. The van der Waals surface area contributed by atoms with Crippen molar-refractivity contribution in [2.24, 2.45) is 34.5 Å². The lowest BCUT2D eigenvalue weighted by Crippen LogP contribution is -2.67. The second-order valence-corrected chi connectivity index (χ2v) is 15.6. The van der Waals surface area contributed by atoms with Gasteiger partial charge in [0.05, 0.1) is 17.8 Å². The molecule has 268 valence electrons. The number of rotatable bonds is 7. The summed E-state index contributed by atoms with van der Waals surface area (Å²) in [5, 5.41) is 12.7. The second-order valence-electron chi connectivity index (χ2n) is 15.6. The summed E-state index contributed by atoms with van der Waals surface area (Å²) in [5.41, 5.74) is -0.837. The van der Waals surface area contributed by atoms with Gasteiger partial charge in [0.2, 0.25) is 0 Å². The van der Waals surface area contributed by atoms with Crippen LogP contribution in [0.4, 0.5) is 0 Å². The Morgan fingerprint density at radius 3 is 2.23 bits per heavy atom. The number of hydrogen-bond donors (Lipinski definition) is 1. The first-order valence-electron chi connectivity index (χ1n) is 17.6. The molecule has 0 amide bonds. The van der Waals surface area contributed by atoms with E-state index in [1.807, 2.05) is 0 Å². The zero-order chi connectivity index (χ0) is 34.8. The van der Waals surface area contributed by atoms with Crippen LogP contribution in [0.1, 0.15) is 92.9 Å². The van der Waals surface area contributed by atoms with Crippen molar-refractivity contribution in [3.8, 4) is 0 Å². The van der Waals surface area contributed by atoms with Gasteiger partial charge in [0.25, 0.3) is 0 Å². The first-order chi connectivity index (χ1) is 22.6. The van der Waals surface area contributed by atoms with Crippen molar-refractivity contribution < 1.29 is 57.4 Å². The molecule has 48 heavy (non-hydrogen) atoms. The molecular weight excluding hydrogens is 624 g/mol. The van der Waals surface area contributed by atoms with E-state index < -0.39 is 53.7 Å². The summed E-state index contributed by atoms with van der Waals surface area (Å²) in [6, 6.07) is 0. The second kappa shape index (κ2) is 13.0. The Morgan fingerprint density at radius 2 is 1.60 bits per heavy atom. The molecule has 1 N–H and O–H groups in total. The van der Waals surface area contributed by atoms with Crippen LogP contribution < -0.4 is 0 Å². The van der Waals surface area contributed by atoms with E-state index in [4.69, 9.17) is 33.2 Å². The van der Waals surface area contributed by atoms with Gasteiger partial charge < -0.3 is 38.3 Å². The number of methoxy groups -OCH3 is 1. The van der Waals surface area contributed by atoms with Crippen LogP contribution in [-0.4, -0.2) is 91.2 Å². The predicted octanol–water partition coefficient (Wildman–Crippen LogP) is 3.79. The van der Waals surface area contributed by atoms with Gasteiger partial charge in [0, 0.05) is 45.3 Å². The van der Waals surface area contributed by atoms with Crippen LogP contribution in [0.25, 0.3) is 0 Å². The lowest BCUT2D eigenvalue weighted by Gasteiger charge is -2.65. The Balaban J connectivity index is 1.23. The minimum absolute atomic E-state index is 0.0259. The van der Waals surface area contributed by atoms with Gasteiger partial charge in [-0.3, -0.25) is 14.4 Å². The third-order valence-corrected chi connectivity index (χ3v) is 13.1. The van der Waals surface area contributed by atoms with Crippen LogP contribution in [0, 0.1) is 34.5 Å². The highest BCUT2D eigenvalue weighted by molar-refractivity contribution is 5.85. The summed E-state index contributed by atoms with van der Waals surface area (Å²) in [6.45, 7) is 10.5. The minimum atomic E-state index is -0.968. The molecule has 0 aromatic heterocycles. The monoisotopic (exact) mass is 676 g/mol. The van der Waals surface area contributed by atoms with Crippen LogP contribution in [0.15, 0.2) is 11.6 Å². The SMILES string of the molecule is CO[C@@H]1[C@@H](OC(C)=O)[C@H](C)O[C@H](O[C@@H]2CC[C@]3(C)[C@H](CC[C@@H]4[C@@H]3[C@H](OC(C)=O)C[C@]3(C)[C@H](C5=CC(=O)OC5)CC[C@]43O)C2)[C@@H]1OC(C)=O. The molecule has 4 aliphatic carbocycles. The molecule has 0 aromatic carbocycles. The summed E-state index contributed by atoms with van der Waals surface area (Å²) in [5.74, 6) is -1.60. The van der Waals surface area contributed by atoms with E-state index in [1.54, 1.807) is 13.0 Å². The quantitative estimate of drug-likeness (QED) is 0.237. The van der Waals surface area contributed by atoms with Crippen molar-refractivity contribution in [3.05, 3.63) is 11.6 Å².